The molecule has 5 rings (SSSR count). The van der Waals surface area contributed by atoms with Gasteiger partial charge in [-0.1, -0.05) is 29.5 Å². The Morgan fingerprint density at radius 1 is 0.950 bits per heavy atom. The fourth-order valence-electron chi connectivity index (χ4n) is 8.21. The molecule has 1 aromatic rings. The molecule has 9 atom stereocenters. The molecule has 1 unspecified atom stereocenters. The zero-order valence-electron chi connectivity index (χ0n) is 36.3. The van der Waals surface area contributed by atoms with Gasteiger partial charge in [0.1, 0.15) is 23.7 Å². The van der Waals surface area contributed by atoms with Gasteiger partial charge in [0.15, 0.2) is 11.8 Å². The number of ether oxygens (including phenoxy) is 5. The van der Waals surface area contributed by atoms with E-state index in [1.54, 1.807) is 45.9 Å². The van der Waals surface area contributed by atoms with Gasteiger partial charge in [-0.25, -0.2) is 4.98 Å². The number of fused-ring (bicyclic) bond motifs is 1. The van der Waals surface area contributed by atoms with E-state index in [2.05, 4.69) is 33.3 Å². The molecule has 332 valence electrons. The Morgan fingerprint density at radius 2 is 1.53 bits per heavy atom. The van der Waals surface area contributed by atoms with Gasteiger partial charge < -0.3 is 34.3 Å². The van der Waals surface area contributed by atoms with Crippen LogP contribution in [-0.2, 0) is 28.8 Å². The number of nitro groups is 1. The molecule has 2 heterocycles. The van der Waals surface area contributed by atoms with Crippen LogP contribution in [0.1, 0.15) is 104 Å². The number of aryl methyl sites for hydroxylation is 2. The van der Waals surface area contributed by atoms with Crippen LogP contribution in [0.2, 0.25) is 0 Å². The summed E-state index contributed by atoms with van der Waals surface area (Å²) in [7, 11) is 0. The normalized spacial score (nSPS) is 28.8. The molecule has 16 heteroatoms. The Morgan fingerprint density at radius 3 is 2.10 bits per heavy atom. The Labute approximate surface area is 353 Å². The van der Waals surface area contributed by atoms with E-state index in [-0.39, 0.29) is 65.8 Å². The molecule has 16 nitrogen and oxygen atoms in total. The number of aromatic nitrogens is 2. The zero-order chi connectivity index (χ0) is 44.4. The first-order valence-corrected chi connectivity index (χ1v) is 20.8. The van der Waals surface area contributed by atoms with Crippen molar-refractivity contribution in [3.63, 3.8) is 0 Å². The van der Waals surface area contributed by atoms with Crippen LogP contribution >= 0.6 is 0 Å². The molecular formula is C44H64N4O12. The van der Waals surface area contributed by atoms with Gasteiger partial charge in [0, 0.05) is 12.0 Å². The molecule has 1 aliphatic heterocycles. The predicted octanol–water partition coefficient (Wildman–Crippen LogP) is 6.03. The Hall–Kier alpha value is -4.51. The third kappa shape index (κ3) is 12.1. The molecule has 1 aromatic heterocycles. The number of aliphatic hydroxyl groups excluding tert-OH is 1. The van der Waals surface area contributed by atoms with E-state index in [4.69, 9.17) is 23.7 Å². The van der Waals surface area contributed by atoms with Crippen LogP contribution in [-0.4, -0.2) is 85.8 Å². The molecule has 2 N–H and O–H groups in total. The summed E-state index contributed by atoms with van der Waals surface area (Å²) in [6, 6.07) is 0. The first kappa shape index (κ1) is 48.2. The highest BCUT2D eigenvalue weighted by Crippen LogP contribution is 2.48. The predicted molar refractivity (Wildman–Crippen MR) is 221 cm³/mol. The van der Waals surface area contributed by atoms with Crippen molar-refractivity contribution in [1.29, 1.82) is 0 Å². The summed E-state index contributed by atoms with van der Waals surface area (Å²) in [6.07, 6.45) is 15.3. The lowest BCUT2D eigenvalue weighted by atomic mass is 9.96. The van der Waals surface area contributed by atoms with Crippen LogP contribution in [0, 0.1) is 58.5 Å². The highest BCUT2D eigenvalue weighted by Gasteiger charge is 2.63. The van der Waals surface area contributed by atoms with E-state index < -0.39 is 33.7 Å². The fourth-order valence-corrected chi connectivity index (χ4v) is 8.21. The maximum absolute atomic E-state index is 12.1. The van der Waals surface area contributed by atoms with Crippen molar-refractivity contribution in [2.75, 3.05) is 13.2 Å². The average molecular weight is 841 g/mol. The minimum atomic E-state index is -1.08. The van der Waals surface area contributed by atoms with Gasteiger partial charge in [-0.05, 0) is 131 Å². The third-order valence-corrected chi connectivity index (χ3v) is 11.3. The molecule has 2 saturated carbocycles. The van der Waals surface area contributed by atoms with E-state index in [0.717, 1.165) is 32.1 Å². The molecule has 3 fully saturated rings. The number of allylic oxidation sites excluding steroid dienone is 4. The minimum Gasteiger partial charge on any atom is -0.638 e. The van der Waals surface area contributed by atoms with Gasteiger partial charge in [-0.3, -0.25) is 24.4 Å². The number of hydrogen-bond donors (Lipinski definition) is 1. The lowest BCUT2D eigenvalue weighted by Crippen LogP contribution is -2.43. The molecule has 0 bridgehead atoms. The quantitative estimate of drug-likeness (QED) is 0.0503. The molecule has 0 amide bonds. The van der Waals surface area contributed by atoms with E-state index in [1.165, 1.54) is 6.92 Å². The van der Waals surface area contributed by atoms with Crippen LogP contribution in [0.25, 0.3) is 0 Å². The third-order valence-electron chi connectivity index (χ3n) is 11.3. The average Bonchev–Trinajstić information content (AvgIpc) is 3.79. The summed E-state index contributed by atoms with van der Waals surface area (Å²) in [5, 5.41) is 36.7. The summed E-state index contributed by atoms with van der Waals surface area (Å²) in [6.45, 7) is 22.2. The van der Waals surface area contributed by atoms with Crippen molar-refractivity contribution in [2.45, 2.75) is 137 Å². The maximum atomic E-state index is 12.1. The van der Waals surface area contributed by atoms with Gasteiger partial charge in [0.25, 0.3) is 5.88 Å². The Bertz CT molecular complexity index is 1780. The lowest BCUT2D eigenvalue weighted by molar-refractivity contribution is -0.692. The van der Waals surface area contributed by atoms with Crippen molar-refractivity contribution in [1.82, 2.24) is 9.97 Å². The maximum Gasteiger partial charge on any atom is 0.351 e. The van der Waals surface area contributed by atoms with Crippen LogP contribution in [0.3, 0.4) is 0 Å². The minimum absolute atomic E-state index is 0.00808. The van der Waals surface area contributed by atoms with Gasteiger partial charge in [0.2, 0.25) is 0 Å². The molecular weight excluding hydrogens is 776 g/mol. The Balaban J connectivity index is 0.000000265. The van der Waals surface area contributed by atoms with Crippen molar-refractivity contribution in [3.05, 3.63) is 71.2 Å². The van der Waals surface area contributed by atoms with Crippen molar-refractivity contribution in [2.24, 2.45) is 39.7 Å². The number of hydrogen-bond acceptors (Lipinski definition) is 14. The van der Waals surface area contributed by atoms with Crippen molar-refractivity contribution < 1.29 is 53.5 Å². The van der Waals surface area contributed by atoms with Crippen LogP contribution < -0.4 is 9.99 Å². The highest BCUT2D eigenvalue weighted by atomic mass is 17.2. The monoisotopic (exact) mass is 840 g/mol. The van der Waals surface area contributed by atoms with Gasteiger partial charge in [-0.15, -0.1) is 13.2 Å². The summed E-state index contributed by atoms with van der Waals surface area (Å²) < 4.78 is 28.2. The van der Waals surface area contributed by atoms with E-state index in [9.17, 15) is 30.1 Å². The standard InChI is InChI=1S/C22H33N3O6.C22H31NO6/c1-7-8-9-16-12-15(10-11-30-21(27)22(4,5)6)18(26)19(16)31-20-17(25(28)29)13(2)23-14(3)24-20;1-5-6-9-15-14-16(11-13-26-20(24)21(2,3)4)19-18(15)27-22(28-19)12-8-7-10-17(22)23-29-25/h7,15-16,18-19,26H,1,8-12H2,2-6H3;5,7-8,10,12,15-16,18-19,25H,1,6,9,11,13-14H2,2-4H3/t15-,16-,18+,19-;15-,16-,18-,19+,22?/m00/s1. The zero-order valence-corrected chi connectivity index (χ0v) is 36.3. The number of aliphatic hydroxyl groups is 3. The Kier molecular flexibility index (Phi) is 16.7. The SMILES string of the molecule is C=CCC[C@H]1C[C@H](CCOC(=O)C(C)(C)C)[C@@H](O)[C@H]1Oc1nc(C)nc(C)c1[N+](=O)[O-].C=CCC[C@H]1C[C@H](CCOC(=O)C(C)(C)C)[C@H]2OC3(C=CC=CC3=NO[O-])[OH+][C@@H]12. The van der Waals surface area contributed by atoms with Gasteiger partial charge in [0.05, 0.1) is 35.1 Å². The van der Waals surface area contributed by atoms with Gasteiger partial charge >= 0.3 is 23.4 Å². The van der Waals surface area contributed by atoms with E-state index in [0.29, 0.717) is 43.3 Å². The van der Waals surface area contributed by atoms with E-state index in [1.807, 2.05) is 39.0 Å². The summed E-state index contributed by atoms with van der Waals surface area (Å²) in [4.78, 5) is 47.0. The van der Waals surface area contributed by atoms with Gasteiger partial charge in [-0.2, -0.15) is 4.98 Å². The largest absolute Gasteiger partial charge is 0.638 e. The van der Waals surface area contributed by atoms with Crippen LogP contribution in [0.15, 0.2) is 54.8 Å². The molecule has 4 aliphatic rings. The van der Waals surface area contributed by atoms with Crippen molar-refractivity contribution >= 4 is 23.3 Å². The second-order valence-corrected chi connectivity index (χ2v) is 18.1. The molecule has 0 aromatic carbocycles. The summed E-state index contributed by atoms with van der Waals surface area (Å²) in [5.41, 5.74) is -0.828. The number of esters is 2. The lowest BCUT2D eigenvalue weighted by Gasteiger charge is -2.25. The summed E-state index contributed by atoms with van der Waals surface area (Å²) >= 11 is 0. The molecule has 60 heavy (non-hydrogen) atoms. The van der Waals surface area contributed by atoms with E-state index >= 15 is 0 Å². The second-order valence-electron chi connectivity index (χ2n) is 18.1. The fraction of sp³-hybridized carbons (Fsp3) is 0.659. The number of carbonyl (C=O) groups excluding carboxylic acids is 2. The number of nitrogens with zero attached hydrogens (tertiary/aromatic N) is 4. The number of rotatable bonds is 16. The summed E-state index contributed by atoms with van der Waals surface area (Å²) in [5.74, 6) is -0.983. The van der Waals surface area contributed by atoms with Crippen LogP contribution in [0.5, 0.6) is 5.88 Å². The number of carbonyl (C=O) groups is 2. The molecule has 3 aliphatic carbocycles. The smallest absolute Gasteiger partial charge is 0.351 e. The molecule has 1 saturated heterocycles. The second kappa shape index (κ2) is 20.8. The molecule has 0 radical (unpaired) electrons. The topological polar surface area (TPSA) is 218 Å². The first-order chi connectivity index (χ1) is 28.3. The van der Waals surface area contributed by atoms with Crippen LogP contribution in [0.4, 0.5) is 5.69 Å². The first-order valence-electron chi connectivity index (χ1n) is 20.8. The highest BCUT2D eigenvalue weighted by molar-refractivity contribution is 6.03. The van der Waals surface area contributed by atoms with Crippen molar-refractivity contribution in [3.8, 4) is 5.88 Å². The number of oxime groups is 1. The molecule has 1 spiro atoms.